The number of halogens is 2. The van der Waals surface area contributed by atoms with Gasteiger partial charge in [-0.05, 0) is 24.5 Å². The molecule has 11 heteroatoms. The number of hydrogen-bond donors (Lipinski definition) is 0. The minimum atomic E-state index is -4.01. The molecule has 0 atom stereocenters. The van der Waals surface area contributed by atoms with Crippen LogP contribution in [0.5, 0.6) is 5.75 Å². The van der Waals surface area contributed by atoms with Crippen molar-refractivity contribution in [3.05, 3.63) is 40.4 Å². The van der Waals surface area contributed by atoms with E-state index in [1.807, 2.05) is 13.3 Å². The van der Waals surface area contributed by atoms with E-state index < -0.39 is 10.1 Å². The number of thioether (sulfide) groups is 1. The van der Waals surface area contributed by atoms with Crippen LogP contribution in [0.2, 0.25) is 10.0 Å². The van der Waals surface area contributed by atoms with Crippen molar-refractivity contribution in [2.45, 2.75) is 9.37 Å². The molecule has 0 aliphatic heterocycles. The van der Waals surface area contributed by atoms with Crippen LogP contribution in [0.1, 0.15) is 0 Å². The van der Waals surface area contributed by atoms with Crippen LogP contribution in [0, 0.1) is 0 Å². The highest BCUT2D eigenvalue weighted by Crippen LogP contribution is 2.33. The highest BCUT2D eigenvalue weighted by Gasteiger charge is 2.22. The molecule has 0 radical (unpaired) electrons. The van der Waals surface area contributed by atoms with Crippen molar-refractivity contribution in [2.24, 2.45) is 7.05 Å². The lowest BCUT2D eigenvalue weighted by molar-refractivity contribution is 0.488. The lowest BCUT2D eigenvalue weighted by atomic mass is 10.3. The van der Waals surface area contributed by atoms with Gasteiger partial charge in [-0.15, -0.1) is 21.5 Å². The van der Waals surface area contributed by atoms with Crippen molar-refractivity contribution < 1.29 is 12.6 Å². The Hall–Kier alpha value is -1.26. The first-order valence-electron chi connectivity index (χ1n) is 6.74. The number of rotatable bonds is 5. The molecule has 0 fully saturated rings. The number of hydrogen-bond acceptors (Lipinski definition) is 7. The highest BCUT2D eigenvalue weighted by molar-refractivity contribution is 7.98. The monoisotopic (exact) mass is 435 g/mol. The maximum atomic E-state index is 12.5. The minimum Gasteiger partial charge on any atom is -0.378 e. The average Bonchev–Trinajstić information content (AvgIpc) is 3.12. The molecule has 0 aliphatic rings. The van der Waals surface area contributed by atoms with Crippen LogP contribution in [0.15, 0.2) is 39.7 Å². The summed E-state index contributed by atoms with van der Waals surface area (Å²) in [5.74, 6) is 0.636. The van der Waals surface area contributed by atoms with E-state index in [2.05, 4.69) is 10.2 Å². The van der Waals surface area contributed by atoms with E-state index in [9.17, 15) is 8.42 Å². The predicted octanol–water partition coefficient (Wildman–Crippen LogP) is 4.34. The van der Waals surface area contributed by atoms with Crippen molar-refractivity contribution in [1.29, 1.82) is 0 Å². The Kier molecular flexibility index (Phi) is 5.31. The van der Waals surface area contributed by atoms with Gasteiger partial charge in [0, 0.05) is 29.2 Å². The Morgan fingerprint density at radius 3 is 2.44 bits per heavy atom. The summed E-state index contributed by atoms with van der Waals surface area (Å²) in [6, 6.07) is 7.39. The molecule has 0 bridgehead atoms. The van der Waals surface area contributed by atoms with Crippen molar-refractivity contribution in [2.75, 3.05) is 6.26 Å². The first kappa shape index (κ1) is 18.5. The third kappa shape index (κ3) is 3.95. The number of benzene rings is 1. The molecule has 0 saturated heterocycles. The molecule has 25 heavy (non-hydrogen) atoms. The van der Waals surface area contributed by atoms with E-state index in [1.165, 1.54) is 36.0 Å². The maximum Gasteiger partial charge on any atom is 0.348 e. The second-order valence-corrected chi connectivity index (χ2v) is 9.33. The summed E-state index contributed by atoms with van der Waals surface area (Å²) in [5, 5.41) is 9.44. The molecule has 1 aromatic carbocycles. The SMILES string of the molecule is CSc1nnc(-c2ccc(S(=O)(=O)Oc3cc(Cl)cc(Cl)c3)s2)n1C. The van der Waals surface area contributed by atoms with Crippen molar-refractivity contribution in [3.63, 3.8) is 0 Å². The van der Waals surface area contributed by atoms with Gasteiger partial charge in [-0.25, -0.2) is 0 Å². The molecule has 132 valence electrons. The molecule has 0 N–H and O–H groups in total. The Labute approximate surface area is 162 Å². The van der Waals surface area contributed by atoms with E-state index in [0.717, 1.165) is 16.5 Å². The molecule has 2 aromatic heterocycles. The Morgan fingerprint density at radius 2 is 1.84 bits per heavy atom. The molecule has 0 saturated carbocycles. The molecule has 2 heterocycles. The van der Waals surface area contributed by atoms with Crippen molar-refractivity contribution in [1.82, 2.24) is 14.8 Å². The lowest BCUT2D eigenvalue weighted by Gasteiger charge is -2.06. The average molecular weight is 436 g/mol. The van der Waals surface area contributed by atoms with Gasteiger partial charge in [0.2, 0.25) is 0 Å². The summed E-state index contributed by atoms with van der Waals surface area (Å²) in [6.45, 7) is 0. The molecule has 0 unspecified atom stereocenters. The molecular formula is C14H11Cl2N3O3S3. The van der Waals surface area contributed by atoms with Crippen LogP contribution in [0.4, 0.5) is 0 Å². The first-order valence-corrected chi connectivity index (χ1v) is 10.9. The molecule has 6 nitrogen and oxygen atoms in total. The van der Waals surface area contributed by atoms with E-state index in [0.29, 0.717) is 10.7 Å². The summed E-state index contributed by atoms with van der Waals surface area (Å²) in [7, 11) is -2.19. The fourth-order valence-corrected chi connectivity index (χ4v) is 5.22. The summed E-state index contributed by atoms with van der Waals surface area (Å²) >= 11 is 14.2. The topological polar surface area (TPSA) is 74.1 Å². The normalized spacial score (nSPS) is 11.7. The van der Waals surface area contributed by atoms with Gasteiger partial charge in [0.05, 0.1) is 4.88 Å². The first-order chi connectivity index (χ1) is 11.8. The van der Waals surface area contributed by atoms with Crippen molar-refractivity contribution >= 4 is 56.4 Å². The van der Waals surface area contributed by atoms with E-state index in [4.69, 9.17) is 27.4 Å². The molecular weight excluding hydrogens is 425 g/mol. The highest BCUT2D eigenvalue weighted by atomic mass is 35.5. The third-order valence-electron chi connectivity index (χ3n) is 3.11. The second kappa shape index (κ2) is 7.16. The van der Waals surface area contributed by atoms with Gasteiger partial charge in [0.25, 0.3) is 0 Å². The summed E-state index contributed by atoms with van der Waals surface area (Å²) in [6.07, 6.45) is 1.89. The molecule has 3 aromatic rings. The number of thiophene rings is 1. The Bertz CT molecular complexity index is 1010. The Morgan fingerprint density at radius 1 is 1.16 bits per heavy atom. The van der Waals surface area contributed by atoms with Gasteiger partial charge < -0.3 is 8.75 Å². The van der Waals surface area contributed by atoms with E-state index >= 15 is 0 Å². The fourth-order valence-electron chi connectivity index (χ4n) is 2.03. The summed E-state index contributed by atoms with van der Waals surface area (Å²) in [5.41, 5.74) is 0. The van der Waals surface area contributed by atoms with Crippen LogP contribution in [-0.2, 0) is 17.2 Å². The van der Waals surface area contributed by atoms with Crippen LogP contribution in [0.3, 0.4) is 0 Å². The van der Waals surface area contributed by atoms with Crippen LogP contribution >= 0.6 is 46.3 Å². The quantitative estimate of drug-likeness (QED) is 0.438. The minimum absolute atomic E-state index is 0.0484. The van der Waals surface area contributed by atoms with Crippen molar-refractivity contribution in [3.8, 4) is 16.5 Å². The molecule has 0 spiro atoms. The maximum absolute atomic E-state index is 12.5. The van der Waals surface area contributed by atoms with Crippen LogP contribution in [-0.4, -0.2) is 29.4 Å². The van der Waals surface area contributed by atoms with Crippen LogP contribution in [0.25, 0.3) is 10.7 Å². The Balaban J connectivity index is 1.91. The third-order valence-corrected chi connectivity index (χ3v) is 7.04. The smallest absolute Gasteiger partial charge is 0.348 e. The van der Waals surface area contributed by atoms with Gasteiger partial charge in [-0.3, -0.25) is 0 Å². The summed E-state index contributed by atoms with van der Waals surface area (Å²) in [4.78, 5) is 0.668. The van der Waals surface area contributed by atoms with E-state index in [1.54, 1.807) is 10.6 Å². The fraction of sp³-hybridized carbons (Fsp3) is 0.143. The van der Waals surface area contributed by atoms with Gasteiger partial charge in [-0.1, -0.05) is 35.0 Å². The predicted molar refractivity (Wildman–Crippen MR) is 100 cm³/mol. The molecule has 0 amide bonds. The van der Waals surface area contributed by atoms with Gasteiger partial charge in [0.1, 0.15) is 5.75 Å². The lowest BCUT2D eigenvalue weighted by Crippen LogP contribution is -2.07. The number of aromatic nitrogens is 3. The summed E-state index contributed by atoms with van der Waals surface area (Å²) < 4.78 is 31.9. The van der Waals surface area contributed by atoms with Gasteiger partial charge in [0.15, 0.2) is 15.2 Å². The zero-order valence-corrected chi connectivity index (χ0v) is 16.9. The van der Waals surface area contributed by atoms with E-state index in [-0.39, 0.29) is 20.0 Å². The number of nitrogens with zero attached hydrogens (tertiary/aromatic N) is 3. The molecule has 3 rings (SSSR count). The largest absolute Gasteiger partial charge is 0.378 e. The van der Waals surface area contributed by atoms with Crippen LogP contribution < -0.4 is 4.18 Å². The van der Waals surface area contributed by atoms with Gasteiger partial charge in [-0.2, -0.15) is 8.42 Å². The second-order valence-electron chi connectivity index (χ2n) is 4.83. The van der Waals surface area contributed by atoms with Gasteiger partial charge >= 0.3 is 10.1 Å². The molecule has 0 aliphatic carbocycles. The zero-order chi connectivity index (χ0) is 18.2. The zero-order valence-electron chi connectivity index (χ0n) is 12.9. The standard InChI is InChI=1S/C14H11Cl2N3O3S3/c1-19-13(17-18-14(19)23-2)11-3-4-12(24-11)25(20,21)22-10-6-8(15)5-9(16)7-10/h3-7H,1-2H3.